The van der Waals surface area contributed by atoms with Gasteiger partial charge < -0.3 is 9.47 Å². The van der Waals surface area contributed by atoms with Gasteiger partial charge in [0.05, 0.1) is 21.4 Å². The topological polar surface area (TPSA) is 107 Å². The lowest BCUT2D eigenvalue weighted by molar-refractivity contribution is -0.157. The van der Waals surface area contributed by atoms with Crippen LogP contribution in [0.1, 0.15) is 62.8 Å². The van der Waals surface area contributed by atoms with Crippen molar-refractivity contribution in [1.29, 1.82) is 0 Å². The number of benzene rings is 2. The average molecular weight is 592 g/mol. The monoisotopic (exact) mass is 591 g/mol. The van der Waals surface area contributed by atoms with Crippen LogP contribution < -0.4 is 4.74 Å². The van der Waals surface area contributed by atoms with Crippen molar-refractivity contribution in [3.63, 3.8) is 0 Å². The maximum atomic E-state index is 13.6. The van der Waals surface area contributed by atoms with Crippen LogP contribution in [0.4, 0.5) is 13.2 Å². The highest BCUT2D eigenvalue weighted by atomic mass is 32.2. The minimum Gasteiger partial charge on any atom is -0.482 e. The molecular formula is C26H32F3NO7S2. The second-order valence-corrected chi connectivity index (χ2v) is 14.5. The lowest BCUT2D eigenvalue weighted by Gasteiger charge is -2.29. The summed E-state index contributed by atoms with van der Waals surface area (Å²) in [6.45, 7) is 4.82. The van der Waals surface area contributed by atoms with Gasteiger partial charge in [-0.1, -0.05) is 18.6 Å². The molecule has 1 aliphatic rings. The van der Waals surface area contributed by atoms with Crippen molar-refractivity contribution in [2.24, 2.45) is 0 Å². The molecule has 1 unspecified atom stereocenters. The predicted molar refractivity (Wildman–Crippen MR) is 138 cm³/mol. The van der Waals surface area contributed by atoms with E-state index in [1.807, 2.05) is 0 Å². The summed E-state index contributed by atoms with van der Waals surface area (Å²) in [6.07, 6.45) is -2.04. The zero-order valence-corrected chi connectivity index (χ0v) is 24.0. The SMILES string of the molecule is CN(C1CCCCc2c(OCC(=O)OC(C)(C)C)cccc21)S(=O)(=O)c1cc(C(F)(F)F)cc(S(C)(=O)=O)c1. The largest absolute Gasteiger partial charge is 0.482 e. The maximum Gasteiger partial charge on any atom is 0.416 e. The number of hydrogen-bond acceptors (Lipinski definition) is 7. The van der Waals surface area contributed by atoms with E-state index >= 15 is 0 Å². The predicted octanol–water partition coefficient (Wildman–Crippen LogP) is 4.92. The number of halogens is 3. The van der Waals surface area contributed by atoms with Crippen LogP contribution in [-0.4, -0.2) is 52.6 Å². The van der Waals surface area contributed by atoms with Crippen LogP contribution in [-0.2, 0) is 42.0 Å². The molecule has 0 aliphatic heterocycles. The Morgan fingerprint density at radius 2 is 1.67 bits per heavy atom. The van der Waals surface area contributed by atoms with Crippen LogP contribution >= 0.6 is 0 Å². The zero-order valence-electron chi connectivity index (χ0n) is 22.3. The molecule has 0 radical (unpaired) electrons. The molecule has 0 heterocycles. The molecule has 0 saturated carbocycles. The normalized spacial score (nSPS) is 16.9. The number of nitrogens with zero attached hydrogens (tertiary/aromatic N) is 1. The summed E-state index contributed by atoms with van der Waals surface area (Å²) in [5.74, 6) is -0.189. The van der Waals surface area contributed by atoms with Crippen LogP contribution in [0.5, 0.6) is 5.75 Å². The number of alkyl halides is 3. The number of esters is 1. The average Bonchev–Trinajstić information content (AvgIpc) is 3.02. The van der Waals surface area contributed by atoms with Gasteiger partial charge in [-0.15, -0.1) is 0 Å². The highest BCUT2D eigenvalue weighted by molar-refractivity contribution is 7.91. The fraction of sp³-hybridized carbons (Fsp3) is 0.500. The Kier molecular flexibility index (Phi) is 8.78. The van der Waals surface area contributed by atoms with Crippen LogP contribution in [0.2, 0.25) is 0 Å². The van der Waals surface area contributed by atoms with E-state index in [4.69, 9.17) is 9.47 Å². The Morgan fingerprint density at radius 1 is 1.03 bits per heavy atom. The minimum atomic E-state index is -4.96. The Balaban J connectivity index is 2.02. The van der Waals surface area contributed by atoms with Gasteiger partial charge in [0.2, 0.25) is 10.0 Å². The lowest BCUT2D eigenvalue weighted by atomic mass is 9.98. The van der Waals surface area contributed by atoms with E-state index in [0.717, 1.165) is 10.4 Å². The molecule has 39 heavy (non-hydrogen) atoms. The summed E-state index contributed by atoms with van der Waals surface area (Å²) >= 11 is 0. The summed E-state index contributed by atoms with van der Waals surface area (Å²) in [7, 11) is -7.46. The first-order valence-electron chi connectivity index (χ1n) is 12.2. The van der Waals surface area contributed by atoms with Crippen LogP contribution in [0, 0.1) is 0 Å². The summed E-state index contributed by atoms with van der Waals surface area (Å²) < 4.78 is 104. The molecule has 0 fully saturated rings. The quantitative estimate of drug-likeness (QED) is 0.332. The van der Waals surface area contributed by atoms with Crippen molar-refractivity contribution in [1.82, 2.24) is 4.31 Å². The molecule has 0 spiro atoms. The van der Waals surface area contributed by atoms with Gasteiger partial charge in [-0.05, 0) is 75.4 Å². The Morgan fingerprint density at radius 3 is 2.26 bits per heavy atom. The molecule has 2 aromatic carbocycles. The van der Waals surface area contributed by atoms with E-state index in [1.165, 1.54) is 7.05 Å². The van der Waals surface area contributed by atoms with Gasteiger partial charge in [0, 0.05) is 13.3 Å². The molecule has 0 aromatic heterocycles. The molecule has 0 N–H and O–H groups in total. The van der Waals surface area contributed by atoms with E-state index in [2.05, 4.69) is 0 Å². The number of carbonyl (C=O) groups excluding carboxylic acids is 1. The first kappa shape index (κ1) is 30.9. The number of sulfonamides is 1. The molecule has 3 rings (SSSR count). The molecule has 13 heteroatoms. The fourth-order valence-corrected chi connectivity index (χ4v) is 6.61. The summed E-state index contributed by atoms with van der Waals surface area (Å²) in [6, 6.07) is 5.86. The highest BCUT2D eigenvalue weighted by Crippen LogP contribution is 2.40. The van der Waals surface area contributed by atoms with Crippen molar-refractivity contribution in [2.75, 3.05) is 19.9 Å². The van der Waals surface area contributed by atoms with Gasteiger partial charge in [0.25, 0.3) is 0 Å². The Labute approximate surface area is 227 Å². The maximum absolute atomic E-state index is 13.6. The van der Waals surface area contributed by atoms with Crippen LogP contribution in [0.25, 0.3) is 0 Å². The van der Waals surface area contributed by atoms with Crippen molar-refractivity contribution in [2.45, 2.75) is 74.1 Å². The summed E-state index contributed by atoms with van der Waals surface area (Å²) in [5.41, 5.74) is -0.796. The van der Waals surface area contributed by atoms with E-state index in [0.29, 0.717) is 60.9 Å². The second kappa shape index (κ2) is 11.1. The van der Waals surface area contributed by atoms with E-state index in [1.54, 1.807) is 39.0 Å². The first-order chi connectivity index (χ1) is 17.8. The number of fused-ring (bicyclic) bond motifs is 1. The Hall–Kier alpha value is -2.64. The van der Waals surface area contributed by atoms with Gasteiger partial charge in [-0.25, -0.2) is 21.6 Å². The molecular weight excluding hydrogens is 559 g/mol. The van der Waals surface area contributed by atoms with Crippen molar-refractivity contribution in [3.8, 4) is 5.75 Å². The molecule has 216 valence electrons. The van der Waals surface area contributed by atoms with Crippen molar-refractivity contribution < 1.29 is 44.3 Å². The van der Waals surface area contributed by atoms with E-state index in [-0.39, 0.29) is 6.61 Å². The van der Waals surface area contributed by atoms with Gasteiger partial charge in [-0.2, -0.15) is 17.5 Å². The molecule has 1 aliphatic carbocycles. The fourth-order valence-electron chi connectivity index (χ4n) is 4.41. The molecule has 0 amide bonds. The smallest absolute Gasteiger partial charge is 0.416 e. The molecule has 8 nitrogen and oxygen atoms in total. The van der Waals surface area contributed by atoms with Crippen LogP contribution in [0.15, 0.2) is 46.2 Å². The molecule has 1 atom stereocenters. The third kappa shape index (κ3) is 7.52. The van der Waals surface area contributed by atoms with Gasteiger partial charge in [-0.3, -0.25) is 0 Å². The molecule has 2 aromatic rings. The van der Waals surface area contributed by atoms with E-state index in [9.17, 15) is 34.8 Å². The number of hydrogen-bond donors (Lipinski definition) is 0. The lowest BCUT2D eigenvalue weighted by Crippen LogP contribution is -2.32. The van der Waals surface area contributed by atoms with Crippen molar-refractivity contribution >= 4 is 25.8 Å². The minimum absolute atomic E-state index is 0.356. The first-order valence-corrected chi connectivity index (χ1v) is 15.5. The number of rotatable bonds is 7. The third-order valence-corrected chi connectivity index (χ3v) is 9.14. The zero-order chi connectivity index (χ0) is 29.4. The molecule has 0 bridgehead atoms. The summed E-state index contributed by atoms with van der Waals surface area (Å²) in [5, 5.41) is 0. The standard InChI is InChI=1S/C26H32F3NO7S2/c1-25(2,3)37-24(31)16-36-23-12-8-10-20-21(23)9-6-7-11-22(20)30(4)39(34,35)19-14-17(26(27,28)29)13-18(15-19)38(5,32)33/h8,10,12-15,22H,6-7,9,11,16H2,1-5H3. The Bertz CT molecular complexity index is 1450. The highest BCUT2D eigenvalue weighted by Gasteiger charge is 2.37. The second-order valence-electron chi connectivity index (χ2n) is 10.4. The van der Waals surface area contributed by atoms with Crippen LogP contribution in [0.3, 0.4) is 0 Å². The number of ether oxygens (including phenoxy) is 2. The van der Waals surface area contributed by atoms with Crippen molar-refractivity contribution in [3.05, 3.63) is 53.1 Å². The number of sulfone groups is 1. The summed E-state index contributed by atoms with van der Waals surface area (Å²) in [4.78, 5) is 10.6. The van der Waals surface area contributed by atoms with E-state index < -0.39 is 59.0 Å². The third-order valence-electron chi connectivity index (χ3n) is 6.20. The molecule has 0 saturated heterocycles. The van der Waals surface area contributed by atoms with Gasteiger partial charge >= 0.3 is 12.1 Å². The number of carbonyl (C=O) groups is 1. The van der Waals surface area contributed by atoms with Gasteiger partial charge in [0.15, 0.2) is 16.4 Å². The van der Waals surface area contributed by atoms with Gasteiger partial charge in [0.1, 0.15) is 11.4 Å².